The molecule has 2 nitrogen and oxygen atoms in total. The van der Waals surface area contributed by atoms with Gasteiger partial charge in [0.2, 0.25) is 0 Å². The predicted octanol–water partition coefficient (Wildman–Crippen LogP) is 2.95. The molecule has 0 saturated carbocycles. The van der Waals surface area contributed by atoms with Crippen LogP contribution in [-0.2, 0) is 6.42 Å². The van der Waals surface area contributed by atoms with Crippen molar-refractivity contribution in [2.45, 2.75) is 50.5 Å². The summed E-state index contributed by atoms with van der Waals surface area (Å²) in [5, 5.41) is 9.54. The third kappa shape index (κ3) is 2.85. The average Bonchev–Trinajstić information content (AvgIpc) is 2.48. The quantitative estimate of drug-likeness (QED) is 0.902. The Labute approximate surface area is 116 Å². The molecule has 0 bridgehead atoms. The van der Waals surface area contributed by atoms with E-state index in [1.165, 1.54) is 45.1 Å². The SMILES string of the molecule is OCC1CCCCN1CC1CCCc2ccccc21. The Hall–Kier alpha value is -0.860. The highest BCUT2D eigenvalue weighted by Gasteiger charge is 2.27. The number of benzene rings is 1. The molecule has 0 aromatic heterocycles. The summed E-state index contributed by atoms with van der Waals surface area (Å²) in [4.78, 5) is 2.54. The van der Waals surface area contributed by atoms with Gasteiger partial charge in [0, 0.05) is 12.6 Å². The molecule has 104 valence electrons. The van der Waals surface area contributed by atoms with Crippen LogP contribution in [0.2, 0.25) is 0 Å². The molecule has 1 heterocycles. The highest BCUT2D eigenvalue weighted by Crippen LogP contribution is 2.33. The van der Waals surface area contributed by atoms with Gasteiger partial charge in [-0.25, -0.2) is 0 Å². The zero-order valence-corrected chi connectivity index (χ0v) is 11.7. The third-order valence-corrected chi connectivity index (χ3v) is 4.91. The molecule has 0 spiro atoms. The van der Waals surface area contributed by atoms with Crippen LogP contribution in [-0.4, -0.2) is 35.7 Å². The normalized spacial score (nSPS) is 28.1. The van der Waals surface area contributed by atoms with Gasteiger partial charge in [-0.3, -0.25) is 4.90 Å². The van der Waals surface area contributed by atoms with Gasteiger partial charge in [-0.1, -0.05) is 30.7 Å². The molecule has 19 heavy (non-hydrogen) atoms. The van der Waals surface area contributed by atoms with Crippen LogP contribution in [0.5, 0.6) is 0 Å². The first kappa shape index (κ1) is 13.1. The fourth-order valence-electron chi connectivity index (χ4n) is 3.83. The van der Waals surface area contributed by atoms with E-state index >= 15 is 0 Å². The van der Waals surface area contributed by atoms with Crippen molar-refractivity contribution in [2.24, 2.45) is 0 Å². The van der Waals surface area contributed by atoms with Crippen molar-refractivity contribution in [1.29, 1.82) is 0 Å². The van der Waals surface area contributed by atoms with E-state index in [4.69, 9.17) is 0 Å². The van der Waals surface area contributed by atoms with Gasteiger partial charge in [0.05, 0.1) is 6.61 Å². The molecule has 2 aliphatic rings. The Morgan fingerprint density at radius 1 is 1.11 bits per heavy atom. The summed E-state index contributed by atoms with van der Waals surface area (Å²) in [6.07, 6.45) is 7.62. The number of aliphatic hydroxyl groups is 1. The van der Waals surface area contributed by atoms with Crippen molar-refractivity contribution < 1.29 is 5.11 Å². The molecule has 0 amide bonds. The van der Waals surface area contributed by atoms with Crippen LogP contribution in [0.25, 0.3) is 0 Å². The van der Waals surface area contributed by atoms with E-state index in [0.717, 1.165) is 6.54 Å². The average molecular weight is 259 g/mol. The summed E-state index contributed by atoms with van der Waals surface area (Å²) in [7, 11) is 0. The minimum atomic E-state index is 0.328. The zero-order chi connectivity index (χ0) is 13.1. The van der Waals surface area contributed by atoms with Crippen LogP contribution in [0.15, 0.2) is 24.3 Å². The van der Waals surface area contributed by atoms with E-state index in [-0.39, 0.29) is 0 Å². The summed E-state index contributed by atoms with van der Waals surface area (Å²) < 4.78 is 0. The van der Waals surface area contributed by atoms with Crippen molar-refractivity contribution in [3.8, 4) is 0 Å². The molecule has 1 aliphatic heterocycles. The van der Waals surface area contributed by atoms with Crippen LogP contribution < -0.4 is 0 Å². The van der Waals surface area contributed by atoms with Crippen LogP contribution in [0, 0.1) is 0 Å². The second kappa shape index (κ2) is 6.06. The Bertz CT molecular complexity index is 417. The molecule has 3 rings (SSSR count). The maximum Gasteiger partial charge on any atom is 0.0586 e. The fraction of sp³-hybridized carbons (Fsp3) is 0.647. The van der Waals surface area contributed by atoms with Gasteiger partial charge in [-0.05, 0) is 55.7 Å². The van der Waals surface area contributed by atoms with Crippen molar-refractivity contribution in [1.82, 2.24) is 4.90 Å². The molecule has 1 N–H and O–H groups in total. The van der Waals surface area contributed by atoms with Gasteiger partial charge in [0.15, 0.2) is 0 Å². The molecule has 2 unspecified atom stereocenters. The maximum absolute atomic E-state index is 9.54. The van der Waals surface area contributed by atoms with E-state index in [9.17, 15) is 5.11 Å². The number of likely N-dealkylation sites (tertiary alicyclic amines) is 1. The van der Waals surface area contributed by atoms with E-state index in [2.05, 4.69) is 29.2 Å². The lowest BCUT2D eigenvalue weighted by molar-refractivity contribution is 0.0828. The minimum absolute atomic E-state index is 0.328. The molecule has 1 fully saturated rings. The van der Waals surface area contributed by atoms with Gasteiger partial charge in [0.25, 0.3) is 0 Å². The Balaban J connectivity index is 1.73. The first-order valence-electron chi connectivity index (χ1n) is 7.81. The fourth-order valence-corrected chi connectivity index (χ4v) is 3.83. The number of rotatable bonds is 3. The summed E-state index contributed by atoms with van der Waals surface area (Å²) >= 11 is 0. The summed E-state index contributed by atoms with van der Waals surface area (Å²) in [6.45, 7) is 2.64. The lowest BCUT2D eigenvalue weighted by atomic mass is 9.82. The number of fused-ring (bicyclic) bond motifs is 1. The molecule has 1 aromatic carbocycles. The molecule has 1 aromatic rings. The number of hydrogen-bond donors (Lipinski definition) is 1. The van der Waals surface area contributed by atoms with Gasteiger partial charge in [-0.15, -0.1) is 0 Å². The number of aryl methyl sites for hydroxylation is 1. The minimum Gasteiger partial charge on any atom is -0.395 e. The monoisotopic (exact) mass is 259 g/mol. The Morgan fingerprint density at radius 3 is 2.89 bits per heavy atom. The standard InChI is InChI=1S/C17H25NO/c19-13-16-9-3-4-11-18(16)12-15-8-5-7-14-6-1-2-10-17(14)15/h1-2,6,10,15-16,19H,3-5,7-9,11-13H2. The molecule has 1 aliphatic carbocycles. The second-order valence-electron chi connectivity index (χ2n) is 6.12. The highest BCUT2D eigenvalue weighted by atomic mass is 16.3. The van der Waals surface area contributed by atoms with Crippen molar-refractivity contribution >= 4 is 0 Å². The first-order valence-corrected chi connectivity index (χ1v) is 7.81. The van der Waals surface area contributed by atoms with E-state index in [1.807, 2.05) is 0 Å². The molecule has 0 radical (unpaired) electrons. The van der Waals surface area contributed by atoms with E-state index < -0.39 is 0 Å². The van der Waals surface area contributed by atoms with Crippen LogP contribution >= 0.6 is 0 Å². The topological polar surface area (TPSA) is 23.5 Å². The van der Waals surface area contributed by atoms with Crippen LogP contribution in [0.4, 0.5) is 0 Å². The summed E-state index contributed by atoms with van der Waals surface area (Å²) in [5.74, 6) is 0.678. The van der Waals surface area contributed by atoms with Crippen molar-refractivity contribution in [3.63, 3.8) is 0 Å². The van der Waals surface area contributed by atoms with Gasteiger partial charge >= 0.3 is 0 Å². The predicted molar refractivity (Wildman–Crippen MR) is 78.4 cm³/mol. The Kier molecular flexibility index (Phi) is 4.19. The largest absolute Gasteiger partial charge is 0.395 e. The van der Waals surface area contributed by atoms with Crippen molar-refractivity contribution in [3.05, 3.63) is 35.4 Å². The molecule has 2 atom stereocenters. The highest BCUT2D eigenvalue weighted by molar-refractivity contribution is 5.32. The van der Waals surface area contributed by atoms with Gasteiger partial charge in [0.1, 0.15) is 0 Å². The van der Waals surface area contributed by atoms with Gasteiger partial charge in [-0.2, -0.15) is 0 Å². The number of hydrogen-bond acceptors (Lipinski definition) is 2. The van der Waals surface area contributed by atoms with E-state index in [0.29, 0.717) is 18.6 Å². The summed E-state index contributed by atoms with van der Waals surface area (Å²) in [6, 6.07) is 9.36. The zero-order valence-electron chi connectivity index (χ0n) is 11.7. The van der Waals surface area contributed by atoms with E-state index in [1.54, 1.807) is 11.1 Å². The third-order valence-electron chi connectivity index (χ3n) is 4.91. The maximum atomic E-state index is 9.54. The molecule has 2 heteroatoms. The smallest absolute Gasteiger partial charge is 0.0586 e. The van der Waals surface area contributed by atoms with Crippen molar-refractivity contribution in [2.75, 3.05) is 19.7 Å². The van der Waals surface area contributed by atoms with Crippen LogP contribution in [0.1, 0.15) is 49.1 Å². The second-order valence-corrected chi connectivity index (χ2v) is 6.12. The number of piperidine rings is 1. The summed E-state index contributed by atoms with van der Waals surface area (Å²) in [5.41, 5.74) is 3.12. The first-order chi connectivity index (χ1) is 9.38. The van der Waals surface area contributed by atoms with Gasteiger partial charge < -0.3 is 5.11 Å². The number of nitrogens with zero attached hydrogens (tertiary/aromatic N) is 1. The number of aliphatic hydroxyl groups excluding tert-OH is 1. The Morgan fingerprint density at radius 2 is 2.00 bits per heavy atom. The lowest BCUT2D eigenvalue weighted by Crippen LogP contribution is -2.44. The molecule has 1 saturated heterocycles. The molecular formula is C17H25NO. The van der Waals surface area contributed by atoms with Crippen LogP contribution in [0.3, 0.4) is 0 Å². The molecular weight excluding hydrogens is 234 g/mol. The lowest BCUT2D eigenvalue weighted by Gasteiger charge is -2.38.